The number of allylic oxidation sites excluding steroid dienone is 2. The molecular formula is C33H50O9. The number of rotatable bonds is 8. The van der Waals surface area contributed by atoms with Gasteiger partial charge in [-0.2, -0.15) is 0 Å². The molecule has 0 heterocycles. The third-order valence-corrected chi connectivity index (χ3v) is 11.2. The molecule has 0 spiro atoms. The van der Waals surface area contributed by atoms with E-state index in [1.807, 2.05) is 6.08 Å². The molecule has 236 valence electrons. The van der Waals surface area contributed by atoms with Gasteiger partial charge < -0.3 is 24.4 Å². The zero-order valence-corrected chi connectivity index (χ0v) is 26.5. The van der Waals surface area contributed by atoms with E-state index in [2.05, 4.69) is 13.8 Å². The molecule has 3 saturated carbocycles. The Morgan fingerprint density at radius 3 is 2.07 bits per heavy atom. The van der Waals surface area contributed by atoms with Crippen LogP contribution in [0.25, 0.3) is 0 Å². The normalized spacial score (nSPS) is 38.1. The van der Waals surface area contributed by atoms with Gasteiger partial charge in [0.2, 0.25) is 0 Å². The molecule has 4 rings (SSSR count). The van der Waals surface area contributed by atoms with Crippen molar-refractivity contribution in [1.29, 1.82) is 0 Å². The van der Waals surface area contributed by atoms with Crippen LogP contribution in [0.15, 0.2) is 11.6 Å². The highest BCUT2D eigenvalue weighted by molar-refractivity contribution is 5.94. The Labute approximate surface area is 249 Å². The second-order valence-electron chi connectivity index (χ2n) is 14.8. The van der Waals surface area contributed by atoms with E-state index in [9.17, 15) is 29.4 Å². The number of hydrogen-bond donors (Lipinski definition) is 2. The predicted octanol–water partition coefficient (Wildman–Crippen LogP) is 4.45. The van der Waals surface area contributed by atoms with Gasteiger partial charge >= 0.3 is 17.9 Å². The molecule has 0 saturated heterocycles. The summed E-state index contributed by atoms with van der Waals surface area (Å²) in [6.45, 7) is 13.5. The summed E-state index contributed by atoms with van der Waals surface area (Å²) in [5.41, 5.74) is -1.98. The lowest BCUT2D eigenvalue weighted by atomic mass is 9.47. The lowest BCUT2D eigenvalue weighted by molar-refractivity contribution is -0.186. The third kappa shape index (κ3) is 6.05. The Morgan fingerprint density at radius 2 is 1.50 bits per heavy atom. The first kappa shape index (κ1) is 32.6. The average Bonchev–Trinajstić information content (AvgIpc) is 3.19. The fourth-order valence-electron chi connectivity index (χ4n) is 9.37. The SMILES string of the molecule is CC(=O)O[C@H]1C[C@@]2(C)[C@H](C[C@H]1OC(C)=O)C(=O)C=C1[C@H]3CC[C@H]([C@@](C)(O)[C@@H](CCC(C)(C)O)OC(C)=O)[C@@]3(C)CC[C@@H]12. The monoisotopic (exact) mass is 590 g/mol. The molecule has 0 aromatic heterocycles. The first-order valence-corrected chi connectivity index (χ1v) is 15.5. The van der Waals surface area contributed by atoms with Gasteiger partial charge in [-0.3, -0.25) is 19.2 Å². The van der Waals surface area contributed by atoms with E-state index in [-0.39, 0.29) is 34.9 Å². The molecule has 0 amide bonds. The lowest BCUT2D eigenvalue weighted by Gasteiger charge is -2.58. The first-order valence-electron chi connectivity index (χ1n) is 15.5. The van der Waals surface area contributed by atoms with Gasteiger partial charge in [-0.1, -0.05) is 19.4 Å². The van der Waals surface area contributed by atoms with Gasteiger partial charge in [0.15, 0.2) is 5.78 Å². The Kier molecular flexibility index (Phi) is 8.82. The number of aliphatic hydroxyl groups is 2. The predicted molar refractivity (Wildman–Crippen MR) is 154 cm³/mol. The molecule has 0 bridgehead atoms. The molecule has 9 heteroatoms. The minimum absolute atomic E-state index is 0.0182. The number of ketones is 1. The van der Waals surface area contributed by atoms with E-state index >= 15 is 0 Å². The minimum Gasteiger partial charge on any atom is -0.459 e. The number of hydrogen-bond acceptors (Lipinski definition) is 9. The van der Waals surface area contributed by atoms with E-state index in [0.29, 0.717) is 25.7 Å². The Hall–Kier alpha value is -2.26. The Morgan fingerprint density at radius 1 is 0.905 bits per heavy atom. The quantitative estimate of drug-likeness (QED) is 0.310. The van der Waals surface area contributed by atoms with Crippen LogP contribution in [0.2, 0.25) is 0 Å². The summed E-state index contributed by atoms with van der Waals surface area (Å²) >= 11 is 0. The van der Waals surface area contributed by atoms with Crippen molar-refractivity contribution in [2.24, 2.45) is 34.5 Å². The van der Waals surface area contributed by atoms with Crippen molar-refractivity contribution in [2.45, 2.75) is 136 Å². The van der Waals surface area contributed by atoms with E-state index < -0.39 is 52.8 Å². The van der Waals surface area contributed by atoms with Gasteiger partial charge in [-0.15, -0.1) is 0 Å². The van der Waals surface area contributed by atoms with Crippen LogP contribution in [0.3, 0.4) is 0 Å². The van der Waals surface area contributed by atoms with E-state index in [1.165, 1.54) is 20.8 Å². The number of fused-ring (bicyclic) bond motifs is 5. The van der Waals surface area contributed by atoms with E-state index in [1.54, 1.807) is 20.8 Å². The van der Waals surface area contributed by atoms with Gasteiger partial charge in [0.25, 0.3) is 0 Å². The van der Waals surface area contributed by atoms with Crippen molar-refractivity contribution < 1.29 is 43.6 Å². The van der Waals surface area contributed by atoms with Crippen LogP contribution in [-0.2, 0) is 33.4 Å². The molecule has 0 aromatic carbocycles. The van der Waals surface area contributed by atoms with Crippen molar-refractivity contribution in [3.63, 3.8) is 0 Å². The lowest BCUT2D eigenvalue weighted by Crippen LogP contribution is -2.58. The third-order valence-electron chi connectivity index (χ3n) is 11.2. The average molecular weight is 591 g/mol. The maximum Gasteiger partial charge on any atom is 0.303 e. The largest absolute Gasteiger partial charge is 0.459 e. The topological polar surface area (TPSA) is 136 Å². The number of esters is 3. The zero-order valence-electron chi connectivity index (χ0n) is 26.5. The summed E-state index contributed by atoms with van der Waals surface area (Å²) in [7, 11) is 0. The molecule has 0 radical (unpaired) electrons. The minimum atomic E-state index is -1.33. The Bertz CT molecular complexity index is 1130. The molecule has 0 unspecified atom stereocenters. The smallest absolute Gasteiger partial charge is 0.303 e. The van der Waals surface area contributed by atoms with Crippen molar-refractivity contribution in [1.82, 2.24) is 0 Å². The summed E-state index contributed by atoms with van der Waals surface area (Å²) in [4.78, 5) is 49.7. The summed E-state index contributed by atoms with van der Waals surface area (Å²) in [6.07, 6.45) is 4.36. The van der Waals surface area contributed by atoms with Crippen LogP contribution < -0.4 is 0 Å². The second-order valence-corrected chi connectivity index (χ2v) is 14.8. The van der Waals surface area contributed by atoms with Crippen LogP contribution >= 0.6 is 0 Å². The maximum atomic E-state index is 13.8. The second kappa shape index (κ2) is 11.3. The van der Waals surface area contributed by atoms with Crippen molar-refractivity contribution in [3.8, 4) is 0 Å². The molecule has 42 heavy (non-hydrogen) atoms. The number of carbonyl (C=O) groups is 4. The van der Waals surface area contributed by atoms with Crippen molar-refractivity contribution in [3.05, 3.63) is 11.6 Å². The fourth-order valence-corrected chi connectivity index (χ4v) is 9.37. The van der Waals surface area contributed by atoms with Crippen LogP contribution in [0.5, 0.6) is 0 Å². The summed E-state index contributed by atoms with van der Waals surface area (Å²) in [5.74, 6) is -1.72. The van der Waals surface area contributed by atoms with Crippen LogP contribution in [0.4, 0.5) is 0 Å². The Balaban J connectivity index is 1.65. The summed E-state index contributed by atoms with van der Waals surface area (Å²) < 4.78 is 16.9. The highest BCUT2D eigenvalue weighted by atomic mass is 16.6. The number of ether oxygens (including phenoxy) is 3. The molecule has 9 nitrogen and oxygen atoms in total. The molecule has 0 aromatic rings. The van der Waals surface area contributed by atoms with Crippen molar-refractivity contribution >= 4 is 23.7 Å². The molecule has 4 aliphatic rings. The van der Waals surface area contributed by atoms with Crippen molar-refractivity contribution in [2.75, 3.05) is 0 Å². The molecular weight excluding hydrogens is 540 g/mol. The van der Waals surface area contributed by atoms with Gasteiger partial charge in [-0.25, -0.2) is 0 Å². The highest BCUT2D eigenvalue weighted by Crippen LogP contribution is 2.67. The van der Waals surface area contributed by atoms with Gasteiger partial charge in [-0.05, 0) is 107 Å². The van der Waals surface area contributed by atoms with Crippen LogP contribution in [0, 0.1) is 34.5 Å². The fraction of sp³-hybridized carbons (Fsp3) is 0.818. The number of carbonyl (C=O) groups excluding carboxylic acids is 4. The van der Waals surface area contributed by atoms with Gasteiger partial charge in [0, 0.05) is 26.7 Å². The van der Waals surface area contributed by atoms with E-state index in [0.717, 1.165) is 31.3 Å². The standard InChI is InChI=1S/C33H50O9/c1-18(34)40-26-16-24-25(37)15-21-22-9-10-28(33(8,39)29(42-20(3)36)12-13-30(4,5)38)31(22,6)14-11-23(21)32(24,7)17-27(26)41-19(2)35/h15,22-24,26-29,38-39H,9-14,16-17H2,1-8H3/t22-,23+,24-,26-,27+,28+,29-,31+,32-,33-/m1/s1. The molecule has 0 aliphatic heterocycles. The maximum absolute atomic E-state index is 13.8. The zero-order chi connectivity index (χ0) is 31.4. The highest BCUT2D eigenvalue weighted by Gasteiger charge is 2.64. The van der Waals surface area contributed by atoms with Gasteiger partial charge in [0.05, 0.1) is 5.60 Å². The summed E-state index contributed by atoms with van der Waals surface area (Å²) in [5, 5.41) is 22.5. The van der Waals surface area contributed by atoms with Crippen LogP contribution in [0.1, 0.15) is 107 Å². The van der Waals surface area contributed by atoms with E-state index in [4.69, 9.17) is 14.2 Å². The first-order chi connectivity index (χ1) is 19.3. The molecule has 3 fully saturated rings. The summed E-state index contributed by atoms with van der Waals surface area (Å²) in [6, 6.07) is 0. The molecule has 2 N–H and O–H groups in total. The van der Waals surface area contributed by atoms with Crippen LogP contribution in [-0.4, -0.2) is 63.4 Å². The van der Waals surface area contributed by atoms with Gasteiger partial charge in [0.1, 0.15) is 23.9 Å². The molecule has 10 atom stereocenters. The molecule has 4 aliphatic carbocycles.